The highest BCUT2D eigenvalue weighted by molar-refractivity contribution is 7.32. The molecule has 0 heterocycles. The predicted octanol–water partition coefficient (Wildman–Crippen LogP) is 5.34. The SMILES string of the molecule is C/C(=C/C(C)CC(C)(/C=C(\C)O[PH](=O)O)CC(C)(C)/C=C(\C)O[PH](=O)O)O[PH](=O)O. The van der Waals surface area contributed by atoms with Crippen LogP contribution in [0.2, 0.25) is 0 Å². The first-order valence-corrected chi connectivity index (χ1v) is 13.1. The van der Waals surface area contributed by atoms with Crippen molar-refractivity contribution in [3.8, 4) is 0 Å². The number of hydrogen-bond donors (Lipinski definition) is 3. The van der Waals surface area contributed by atoms with E-state index >= 15 is 0 Å². The molecule has 0 saturated carbocycles. The Morgan fingerprint density at radius 1 is 0.833 bits per heavy atom. The van der Waals surface area contributed by atoms with Crippen molar-refractivity contribution in [3.05, 3.63) is 35.5 Å². The molecule has 5 atom stereocenters. The van der Waals surface area contributed by atoms with Crippen LogP contribution >= 0.6 is 24.8 Å². The fraction of sp³-hybridized carbons (Fsp3) is 0.667. The molecule has 176 valence electrons. The van der Waals surface area contributed by atoms with E-state index in [1.165, 1.54) is 0 Å². The zero-order valence-electron chi connectivity index (χ0n) is 18.5. The lowest BCUT2D eigenvalue weighted by molar-refractivity contribution is 0.225. The third-order valence-electron chi connectivity index (χ3n) is 4.06. The van der Waals surface area contributed by atoms with Gasteiger partial charge in [0.05, 0.1) is 17.3 Å². The van der Waals surface area contributed by atoms with Crippen molar-refractivity contribution in [2.45, 2.75) is 61.3 Å². The highest BCUT2D eigenvalue weighted by atomic mass is 31.1. The van der Waals surface area contributed by atoms with Crippen molar-refractivity contribution >= 4 is 24.8 Å². The molecule has 30 heavy (non-hydrogen) atoms. The van der Waals surface area contributed by atoms with Crippen LogP contribution in [0.3, 0.4) is 0 Å². The maximum absolute atomic E-state index is 11.1. The fourth-order valence-electron chi connectivity index (χ4n) is 4.02. The largest absolute Gasteiger partial charge is 0.432 e. The van der Waals surface area contributed by atoms with Crippen LogP contribution in [0.1, 0.15) is 61.3 Å². The molecule has 0 aliphatic heterocycles. The molecule has 0 spiro atoms. The van der Waals surface area contributed by atoms with Crippen LogP contribution in [0.5, 0.6) is 0 Å². The maximum atomic E-state index is 11.1. The van der Waals surface area contributed by atoms with Gasteiger partial charge in [0.25, 0.3) is 0 Å². The van der Waals surface area contributed by atoms with E-state index in [0.29, 0.717) is 30.1 Å². The van der Waals surface area contributed by atoms with Crippen LogP contribution < -0.4 is 0 Å². The summed E-state index contributed by atoms with van der Waals surface area (Å²) in [5.74, 6) is 0.917. The predicted molar refractivity (Wildman–Crippen MR) is 118 cm³/mol. The molecule has 0 radical (unpaired) electrons. The lowest BCUT2D eigenvalue weighted by Crippen LogP contribution is -2.25. The molecule has 0 aromatic rings. The molecule has 0 amide bonds. The van der Waals surface area contributed by atoms with Gasteiger partial charge >= 0.3 is 24.8 Å². The van der Waals surface area contributed by atoms with Crippen LogP contribution in [-0.4, -0.2) is 14.7 Å². The Bertz CT molecular complexity index is 743. The zero-order valence-corrected chi connectivity index (χ0v) is 21.5. The van der Waals surface area contributed by atoms with E-state index in [-0.39, 0.29) is 5.92 Å². The minimum atomic E-state index is -3.14. The molecule has 0 rings (SSSR count). The van der Waals surface area contributed by atoms with Crippen molar-refractivity contribution in [2.24, 2.45) is 16.7 Å². The second-order valence-electron chi connectivity index (χ2n) is 8.39. The standard InChI is InChI=1S/C18H35O9P3/c1-13(8-14(2)25-28(19)20)9-18(7,11-16(4)27-30(23)24)12-17(5,6)10-15(3)26-29(21)22/h8,10-11,13,28-30H,9,12H2,1-7H3,(H,19,20)(H,21,22)(H,23,24)/b14-8-,15-10+,16-11+. The van der Waals surface area contributed by atoms with Crippen molar-refractivity contribution in [2.75, 3.05) is 0 Å². The summed E-state index contributed by atoms with van der Waals surface area (Å²) in [6, 6.07) is 0. The molecule has 3 N–H and O–H groups in total. The summed E-state index contributed by atoms with van der Waals surface area (Å²) in [4.78, 5) is 27.0. The van der Waals surface area contributed by atoms with E-state index < -0.39 is 35.6 Å². The average molecular weight is 488 g/mol. The maximum Gasteiger partial charge on any atom is 0.364 e. The Morgan fingerprint density at radius 3 is 1.67 bits per heavy atom. The van der Waals surface area contributed by atoms with Crippen molar-refractivity contribution in [1.82, 2.24) is 0 Å². The van der Waals surface area contributed by atoms with Gasteiger partial charge in [-0.25, -0.2) is 13.7 Å². The third kappa shape index (κ3) is 14.2. The van der Waals surface area contributed by atoms with Crippen LogP contribution in [0.4, 0.5) is 0 Å². The van der Waals surface area contributed by atoms with Gasteiger partial charge < -0.3 is 28.3 Å². The summed E-state index contributed by atoms with van der Waals surface area (Å²) >= 11 is 0. The molecule has 0 aliphatic carbocycles. The van der Waals surface area contributed by atoms with Gasteiger partial charge in [0, 0.05) is 0 Å². The Morgan fingerprint density at radius 2 is 1.23 bits per heavy atom. The number of hydrogen-bond acceptors (Lipinski definition) is 6. The summed E-state index contributed by atoms with van der Waals surface area (Å²) < 4.78 is 47.6. The van der Waals surface area contributed by atoms with Gasteiger partial charge in [0.2, 0.25) is 0 Å². The molecular weight excluding hydrogens is 453 g/mol. The van der Waals surface area contributed by atoms with Crippen molar-refractivity contribution in [1.29, 1.82) is 0 Å². The first-order valence-electron chi connectivity index (χ1n) is 9.33. The minimum Gasteiger partial charge on any atom is -0.432 e. The molecule has 0 aromatic heterocycles. The van der Waals surface area contributed by atoms with Crippen LogP contribution in [0.25, 0.3) is 0 Å². The first-order chi connectivity index (χ1) is 13.5. The van der Waals surface area contributed by atoms with E-state index in [0.717, 1.165) is 0 Å². The molecule has 12 heteroatoms. The van der Waals surface area contributed by atoms with Crippen molar-refractivity contribution < 1.29 is 41.9 Å². The second-order valence-corrected chi connectivity index (χ2v) is 10.6. The molecule has 9 nitrogen and oxygen atoms in total. The van der Waals surface area contributed by atoms with E-state index in [1.54, 1.807) is 39.0 Å². The smallest absolute Gasteiger partial charge is 0.364 e. The molecule has 0 saturated heterocycles. The summed E-state index contributed by atoms with van der Waals surface area (Å²) in [5.41, 5.74) is -0.977. The van der Waals surface area contributed by atoms with Crippen LogP contribution in [-0.2, 0) is 27.3 Å². The van der Waals surface area contributed by atoms with E-state index in [1.807, 2.05) is 27.7 Å². The normalized spacial score (nSPS) is 20.0. The van der Waals surface area contributed by atoms with Gasteiger partial charge in [0.15, 0.2) is 0 Å². The molecular formula is C18H35O9P3. The number of allylic oxidation sites excluding steroid dienone is 6. The van der Waals surface area contributed by atoms with Gasteiger partial charge in [-0.2, -0.15) is 0 Å². The monoisotopic (exact) mass is 488 g/mol. The minimum absolute atomic E-state index is 0.0578. The zero-order chi connectivity index (χ0) is 23.7. The first kappa shape index (κ1) is 29.2. The second kappa shape index (κ2) is 12.9. The summed E-state index contributed by atoms with van der Waals surface area (Å²) in [6.45, 7) is 12.6. The number of rotatable bonds is 13. The fourth-order valence-corrected chi connectivity index (χ4v) is 5.03. The molecule has 0 aliphatic rings. The Hall–Kier alpha value is -0.810. The Kier molecular flexibility index (Phi) is 12.6. The van der Waals surface area contributed by atoms with Crippen LogP contribution in [0, 0.1) is 16.7 Å². The van der Waals surface area contributed by atoms with Gasteiger partial charge in [-0.05, 0) is 68.6 Å². The van der Waals surface area contributed by atoms with Gasteiger partial charge in [0.1, 0.15) is 0 Å². The van der Waals surface area contributed by atoms with E-state index in [4.69, 9.17) is 28.3 Å². The highest BCUT2D eigenvalue weighted by Gasteiger charge is 2.32. The highest BCUT2D eigenvalue weighted by Crippen LogP contribution is 2.43. The topological polar surface area (TPSA) is 140 Å². The van der Waals surface area contributed by atoms with Gasteiger partial charge in [-0.3, -0.25) is 0 Å². The molecule has 0 aromatic carbocycles. The van der Waals surface area contributed by atoms with E-state index in [9.17, 15) is 13.7 Å². The Balaban J connectivity index is 5.81. The quantitative estimate of drug-likeness (QED) is 0.231. The molecule has 5 unspecified atom stereocenters. The lowest BCUT2D eigenvalue weighted by atomic mass is 9.69. The van der Waals surface area contributed by atoms with Crippen molar-refractivity contribution in [3.63, 3.8) is 0 Å². The summed E-state index contributed by atoms with van der Waals surface area (Å²) in [7, 11) is -9.32. The average Bonchev–Trinajstić information content (AvgIpc) is 2.40. The summed E-state index contributed by atoms with van der Waals surface area (Å²) in [6.07, 6.45) is 6.40. The Labute approximate surface area is 180 Å². The molecule has 0 bridgehead atoms. The molecule has 0 fully saturated rings. The van der Waals surface area contributed by atoms with Gasteiger partial charge in [-0.1, -0.05) is 27.7 Å². The third-order valence-corrected chi connectivity index (χ3v) is 5.55. The van der Waals surface area contributed by atoms with Crippen LogP contribution in [0.15, 0.2) is 35.5 Å². The summed E-state index contributed by atoms with van der Waals surface area (Å²) in [5, 5.41) is 0. The lowest BCUT2D eigenvalue weighted by Gasteiger charge is -2.36. The van der Waals surface area contributed by atoms with Gasteiger partial charge in [-0.15, -0.1) is 0 Å². The van der Waals surface area contributed by atoms with E-state index in [2.05, 4.69) is 0 Å².